The topological polar surface area (TPSA) is 47.3 Å². The molecule has 0 aliphatic rings. The van der Waals surface area contributed by atoms with Crippen LogP contribution >= 0.6 is 0 Å². The van der Waals surface area contributed by atoms with Gasteiger partial charge in [0.25, 0.3) is 0 Å². The van der Waals surface area contributed by atoms with E-state index in [1.165, 1.54) is 5.69 Å². The Kier molecular flexibility index (Phi) is 5.49. The number of aliphatic hydroxyl groups is 1. The normalized spacial score (nSPS) is 15.0. The molecule has 0 aromatic carbocycles. The summed E-state index contributed by atoms with van der Waals surface area (Å²) in [5.41, 5.74) is 1.17. The van der Waals surface area contributed by atoms with Crippen molar-refractivity contribution in [3.05, 3.63) is 18.0 Å². The van der Waals surface area contributed by atoms with Gasteiger partial charge in [-0.2, -0.15) is 5.10 Å². The lowest BCUT2D eigenvalue weighted by atomic mass is 10.1. The van der Waals surface area contributed by atoms with E-state index in [0.717, 1.165) is 25.7 Å². The Labute approximate surface area is 97.2 Å². The van der Waals surface area contributed by atoms with E-state index in [4.69, 9.17) is 4.74 Å². The first-order valence-electron chi connectivity index (χ1n) is 5.81. The minimum atomic E-state index is -0.243. The molecule has 92 valence electrons. The minimum absolute atomic E-state index is 0.228. The zero-order valence-corrected chi connectivity index (χ0v) is 10.4. The van der Waals surface area contributed by atoms with Crippen LogP contribution in [-0.2, 0) is 18.2 Å². The summed E-state index contributed by atoms with van der Waals surface area (Å²) < 4.78 is 7.00. The lowest BCUT2D eigenvalue weighted by Crippen LogP contribution is -2.14. The Morgan fingerprint density at radius 1 is 1.44 bits per heavy atom. The monoisotopic (exact) mass is 226 g/mol. The third-order valence-corrected chi connectivity index (χ3v) is 2.96. The number of methoxy groups -OCH3 is 1. The zero-order chi connectivity index (χ0) is 12.0. The molecule has 0 bridgehead atoms. The van der Waals surface area contributed by atoms with Crippen LogP contribution in [0.1, 0.15) is 31.9 Å². The highest BCUT2D eigenvalue weighted by Gasteiger charge is 2.08. The van der Waals surface area contributed by atoms with Gasteiger partial charge >= 0.3 is 0 Å². The molecule has 1 rings (SSSR count). The average Bonchev–Trinajstić information content (AvgIpc) is 2.69. The highest BCUT2D eigenvalue weighted by atomic mass is 16.5. The van der Waals surface area contributed by atoms with Crippen LogP contribution in [-0.4, -0.2) is 34.2 Å². The second-order valence-corrected chi connectivity index (χ2v) is 4.26. The van der Waals surface area contributed by atoms with E-state index in [9.17, 15) is 5.11 Å². The molecule has 1 aromatic rings. The van der Waals surface area contributed by atoms with E-state index in [1.807, 2.05) is 24.7 Å². The van der Waals surface area contributed by atoms with Crippen LogP contribution in [0.5, 0.6) is 0 Å². The molecule has 1 N–H and O–H groups in total. The number of aliphatic hydroxyl groups excluding tert-OH is 1. The highest BCUT2D eigenvalue weighted by Crippen LogP contribution is 2.10. The van der Waals surface area contributed by atoms with Crippen LogP contribution in [0, 0.1) is 0 Å². The second-order valence-electron chi connectivity index (χ2n) is 4.26. The summed E-state index contributed by atoms with van der Waals surface area (Å²) in [5.74, 6) is 0. The van der Waals surface area contributed by atoms with Crippen molar-refractivity contribution in [2.75, 3.05) is 7.11 Å². The van der Waals surface area contributed by atoms with Gasteiger partial charge in [0.2, 0.25) is 0 Å². The van der Waals surface area contributed by atoms with Crippen molar-refractivity contribution in [2.24, 2.45) is 7.05 Å². The van der Waals surface area contributed by atoms with E-state index in [0.29, 0.717) is 0 Å². The van der Waals surface area contributed by atoms with Crippen LogP contribution in [0.2, 0.25) is 0 Å². The number of ether oxygens (including phenoxy) is 1. The molecule has 4 nitrogen and oxygen atoms in total. The van der Waals surface area contributed by atoms with E-state index in [2.05, 4.69) is 5.10 Å². The van der Waals surface area contributed by atoms with Gasteiger partial charge in [0.1, 0.15) is 0 Å². The third kappa shape index (κ3) is 4.33. The number of hydrogen-bond donors (Lipinski definition) is 1. The number of nitrogens with zero attached hydrogens (tertiary/aromatic N) is 2. The fourth-order valence-corrected chi connectivity index (χ4v) is 1.65. The van der Waals surface area contributed by atoms with Crippen molar-refractivity contribution in [1.82, 2.24) is 9.78 Å². The largest absolute Gasteiger partial charge is 0.393 e. The summed E-state index contributed by atoms with van der Waals surface area (Å²) in [7, 11) is 3.63. The van der Waals surface area contributed by atoms with Crippen LogP contribution in [0.15, 0.2) is 12.3 Å². The van der Waals surface area contributed by atoms with Gasteiger partial charge < -0.3 is 9.84 Å². The molecule has 0 radical (unpaired) electrons. The maximum absolute atomic E-state index is 9.80. The Bertz CT molecular complexity index is 299. The maximum atomic E-state index is 9.80. The zero-order valence-electron chi connectivity index (χ0n) is 10.4. The second kappa shape index (κ2) is 6.66. The fourth-order valence-electron chi connectivity index (χ4n) is 1.65. The number of hydrogen-bond acceptors (Lipinski definition) is 3. The first-order chi connectivity index (χ1) is 7.63. The fraction of sp³-hybridized carbons (Fsp3) is 0.750. The molecule has 16 heavy (non-hydrogen) atoms. The van der Waals surface area contributed by atoms with Crippen LogP contribution in [0.4, 0.5) is 0 Å². The lowest BCUT2D eigenvalue weighted by Gasteiger charge is -2.13. The van der Waals surface area contributed by atoms with Crippen molar-refractivity contribution in [1.29, 1.82) is 0 Å². The molecule has 0 fully saturated rings. The quantitative estimate of drug-likeness (QED) is 0.767. The van der Waals surface area contributed by atoms with Crippen molar-refractivity contribution in [3.63, 3.8) is 0 Å². The SMILES string of the molecule is COC(C)CCC(O)CCc1ccnn1C. The summed E-state index contributed by atoms with van der Waals surface area (Å²) in [5, 5.41) is 13.9. The predicted octanol–water partition coefficient (Wildman–Crippen LogP) is 1.53. The molecule has 0 saturated carbocycles. The first kappa shape index (κ1) is 13.2. The van der Waals surface area contributed by atoms with Gasteiger partial charge in [0, 0.05) is 26.0 Å². The Morgan fingerprint density at radius 2 is 2.19 bits per heavy atom. The average molecular weight is 226 g/mol. The summed E-state index contributed by atoms with van der Waals surface area (Å²) in [6, 6.07) is 1.99. The Morgan fingerprint density at radius 3 is 2.75 bits per heavy atom. The molecule has 0 amide bonds. The lowest BCUT2D eigenvalue weighted by molar-refractivity contribution is 0.0825. The molecule has 0 aliphatic heterocycles. The smallest absolute Gasteiger partial charge is 0.0545 e. The summed E-state index contributed by atoms with van der Waals surface area (Å²) in [6.07, 6.45) is 5.14. The molecule has 0 aliphatic carbocycles. The Hall–Kier alpha value is -0.870. The molecule has 4 heteroatoms. The van der Waals surface area contributed by atoms with Gasteiger partial charge in [-0.1, -0.05) is 0 Å². The van der Waals surface area contributed by atoms with Gasteiger partial charge in [0.15, 0.2) is 0 Å². The van der Waals surface area contributed by atoms with E-state index >= 15 is 0 Å². The Balaban J connectivity index is 2.20. The molecule has 0 spiro atoms. The predicted molar refractivity (Wildman–Crippen MR) is 63.2 cm³/mol. The van der Waals surface area contributed by atoms with Crippen LogP contribution in [0.25, 0.3) is 0 Å². The number of aromatic nitrogens is 2. The highest BCUT2D eigenvalue weighted by molar-refractivity contribution is 5.00. The summed E-state index contributed by atoms with van der Waals surface area (Å²) in [4.78, 5) is 0. The van der Waals surface area contributed by atoms with Gasteiger partial charge in [-0.25, -0.2) is 0 Å². The van der Waals surface area contributed by atoms with Gasteiger partial charge in [0.05, 0.1) is 12.2 Å². The molecular weight excluding hydrogens is 204 g/mol. The van der Waals surface area contributed by atoms with Crippen molar-refractivity contribution >= 4 is 0 Å². The van der Waals surface area contributed by atoms with Gasteiger partial charge in [-0.15, -0.1) is 0 Å². The van der Waals surface area contributed by atoms with E-state index in [1.54, 1.807) is 13.3 Å². The molecular formula is C12H22N2O2. The third-order valence-electron chi connectivity index (χ3n) is 2.96. The number of rotatable bonds is 7. The van der Waals surface area contributed by atoms with E-state index in [-0.39, 0.29) is 12.2 Å². The molecule has 1 aromatic heterocycles. The molecule has 0 saturated heterocycles. The van der Waals surface area contributed by atoms with Gasteiger partial charge in [-0.05, 0) is 38.7 Å². The van der Waals surface area contributed by atoms with Crippen LogP contribution < -0.4 is 0 Å². The summed E-state index contributed by atoms with van der Waals surface area (Å²) in [6.45, 7) is 2.02. The van der Waals surface area contributed by atoms with E-state index < -0.39 is 0 Å². The van der Waals surface area contributed by atoms with Crippen molar-refractivity contribution in [3.8, 4) is 0 Å². The van der Waals surface area contributed by atoms with Crippen LogP contribution in [0.3, 0.4) is 0 Å². The van der Waals surface area contributed by atoms with Crippen molar-refractivity contribution in [2.45, 2.75) is 44.8 Å². The minimum Gasteiger partial charge on any atom is -0.393 e. The molecule has 2 atom stereocenters. The standard InChI is InChI=1S/C12H22N2O2/c1-10(16-3)4-6-12(15)7-5-11-8-9-13-14(11)2/h8-10,12,15H,4-7H2,1-3H3. The summed E-state index contributed by atoms with van der Waals surface area (Å²) >= 11 is 0. The van der Waals surface area contributed by atoms with Crippen molar-refractivity contribution < 1.29 is 9.84 Å². The molecule has 2 unspecified atom stereocenters. The van der Waals surface area contributed by atoms with Gasteiger partial charge in [-0.3, -0.25) is 4.68 Å². The maximum Gasteiger partial charge on any atom is 0.0545 e. The number of aryl methyl sites for hydroxylation is 2. The molecule has 1 heterocycles. The first-order valence-corrected chi connectivity index (χ1v) is 5.81.